The molecule has 186 valence electrons. The van der Waals surface area contributed by atoms with Gasteiger partial charge in [0, 0.05) is 12.6 Å². The van der Waals surface area contributed by atoms with Crippen LogP contribution in [0.5, 0.6) is 17.2 Å². The zero-order valence-electron chi connectivity index (χ0n) is 19.7. The van der Waals surface area contributed by atoms with E-state index in [-0.39, 0.29) is 22.9 Å². The lowest BCUT2D eigenvalue weighted by molar-refractivity contribution is -0.119. The first-order valence-electron chi connectivity index (χ1n) is 10.8. The Balaban J connectivity index is 1.84. The second-order valence-electron chi connectivity index (χ2n) is 7.36. The van der Waals surface area contributed by atoms with E-state index in [0.29, 0.717) is 18.1 Å². The summed E-state index contributed by atoms with van der Waals surface area (Å²) < 4.78 is 57.3. The minimum atomic E-state index is -4.22. The summed E-state index contributed by atoms with van der Waals surface area (Å²) in [6.45, 7) is 2.11. The number of anilines is 1. The van der Waals surface area contributed by atoms with Crippen LogP contribution < -0.4 is 23.8 Å². The molecule has 1 amide bonds. The zero-order chi connectivity index (χ0) is 25.4. The third-order valence-electron chi connectivity index (χ3n) is 5.07. The van der Waals surface area contributed by atoms with Gasteiger partial charge in [0.1, 0.15) is 18.1 Å². The molecule has 8 nitrogen and oxygen atoms in total. The second-order valence-corrected chi connectivity index (χ2v) is 9.22. The highest BCUT2D eigenvalue weighted by Gasteiger charge is 2.28. The van der Waals surface area contributed by atoms with Crippen molar-refractivity contribution in [2.75, 3.05) is 31.7 Å². The van der Waals surface area contributed by atoms with Crippen molar-refractivity contribution >= 4 is 21.6 Å². The van der Waals surface area contributed by atoms with Gasteiger partial charge in [-0.25, -0.2) is 12.8 Å². The Morgan fingerprint density at radius 2 is 1.60 bits per heavy atom. The van der Waals surface area contributed by atoms with Crippen LogP contribution in [-0.2, 0) is 21.4 Å². The Morgan fingerprint density at radius 1 is 0.943 bits per heavy atom. The lowest BCUT2D eigenvalue weighted by Crippen LogP contribution is -2.40. The Bertz CT molecular complexity index is 1250. The fourth-order valence-corrected chi connectivity index (χ4v) is 4.72. The van der Waals surface area contributed by atoms with Crippen LogP contribution in [0.3, 0.4) is 0 Å². The molecule has 0 fully saturated rings. The van der Waals surface area contributed by atoms with Gasteiger partial charge in [-0.2, -0.15) is 0 Å². The average Bonchev–Trinajstić information content (AvgIpc) is 2.87. The molecule has 0 bridgehead atoms. The maximum absolute atomic E-state index is 13.5. The fraction of sp³-hybridized carbons (Fsp3) is 0.240. The molecule has 0 atom stereocenters. The number of ether oxygens (including phenoxy) is 3. The van der Waals surface area contributed by atoms with E-state index in [1.807, 2.05) is 19.1 Å². The topological polar surface area (TPSA) is 94.2 Å². The molecule has 0 unspecified atom stereocenters. The number of halogens is 1. The number of methoxy groups -OCH3 is 2. The van der Waals surface area contributed by atoms with E-state index >= 15 is 0 Å². The highest BCUT2D eigenvalue weighted by molar-refractivity contribution is 7.92. The molecular weight excluding hydrogens is 475 g/mol. The van der Waals surface area contributed by atoms with Gasteiger partial charge in [0.15, 0.2) is 11.5 Å². The van der Waals surface area contributed by atoms with Gasteiger partial charge in [0.2, 0.25) is 5.91 Å². The standard InChI is InChI=1S/C25H27FN2O6S/c1-4-34-21-11-5-18(6-12-21)16-27-25(29)17-28(20-9-7-19(26)8-10-20)35(30,31)22-13-14-23(32-2)24(15-22)33-3/h5-15H,4,16-17H2,1-3H3,(H,27,29). The average molecular weight is 503 g/mol. The van der Waals surface area contributed by atoms with Crippen LogP contribution in [-0.4, -0.2) is 41.7 Å². The smallest absolute Gasteiger partial charge is 0.264 e. The first-order chi connectivity index (χ1) is 16.8. The Morgan fingerprint density at radius 3 is 2.20 bits per heavy atom. The van der Waals surface area contributed by atoms with E-state index in [4.69, 9.17) is 14.2 Å². The summed E-state index contributed by atoms with van der Waals surface area (Å²) in [7, 11) is -1.39. The van der Waals surface area contributed by atoms with Crippen LogP contribution in [0, 0.1) is 5.82 Å². The molecule has 1 N–H and O–H groups in total. The van der Waals surface area contributed by atoms with E-state index in [2.05, 4.69) is 5.32 Å². The molecule has 0 aliphatic heterocycles. The first-order valence-corrected chi connectivity index (χ1v) is 12.2. The quantitative estimate of drug-likeness (QED) is 0.429. The maximum Gasteiger partial charge on any atom is 0.264 e. The molecular formula is C25H27FN2O6S. The number of nitrogens with zero attached hydrogens (tertiary/aromatic N) is 1. The van der Waals surface area contributed by atoms with Gasteiger partial charge >= 0.3 is 0 Å². The maximum atomic E-state index is 13.5. The van der Waals surface area contributed by atoms with E-state index in [9.17, 15) is 17.6 Å². The Labute approximate surface area is 204 Å². The number of carbonyl (C=O) groups is 1. The summed E-state index contributed by atoms with van der Waals surface area (Å²) in [6, 6.07) is 16.2. The van der Waals surface area contributed by atoms with Crippen molar-refractivity contribution < 1.29 is 31.8 Å². The van der Waals surface area contributed by atoms with Crippen molar-refractivity contribution in [1.29, 1.82) is 0 Å². The summed E-state index contributed by atoms with van der Waals surface area (Å²) in [4.78, 5) is 12.7. The SMILES string of the molecule is CCOc1ccc(CNC(=O)CN(c2ccc(F)cc2)S(=O)(=O)c2ccc(OC)c(OC)c2)cc1. The number of benzene rings is 3. The van der Waals surface area contributed by atoms with Crippen molar-refractivity contribution in [1.82, 2.24) is 5.32 Å². The van der Waals surface area contributed by atoms with Crippen molar-refractivity contribution in [3.63, 3.8) is 0 Å². The van der Waals surface area contributed by atoms with Gasteiger partial charge < -0.3 is 19.5 Å². The van der Waals surface area contributed by atoms with Gasteiger partial charge in [-0.3, -0.25) is 9.10 Å². The van der Waals surface area contributed by atoms with Crippen LogP contribution >= 0.6 is 0 Å². The first kappa shape index (κ1) is 25.8. The zero-order valence-corrected chi connectivity index (χ0v) is 20.5. The number of hydrogen-bond donors (Lipinski definition) is 1. The minimum Gasteiger partial charge on any atom is -0.494 e. The summed E-state index contributed by atoms with van der Waals surface area (Å²) in [5.41, 5.74) is 0.954. The highest BCUT2D eigenvalue weighted by atomic mass is 32.2. The normalized spacial score (nSPS) is 11.0. The molecule has 0 heterocycles. The molecule has 10 heteroatoms. The van der Waals surface area contributed by atoms with Gasteiger partial charge in [0.05, 0.1) is 31.4 Å². The molecule has 0 spiro atoms. The van der Waals surface area contributed by atoms with E-state index in [1.165, 1.54) is 44.6 Å². The van der Waals surface area contributed by atoms with Crippen molar-refractivity contribution in [3.05, 3.63) is 78.1 Å². The van der Waals surface area contributed by atoms with Crippen molar-refractivity contribution in [3.8, 4) is 17.2 Å². The van der Waals surface area contributed by atoms with E-state index < -0.39 is 28.3 Å². The third kappa shape index (κ3) is 6.42. The van der Waals surface area contributed by atoms with E-state index in [1.54, 1.807) is 12.1 Å². The highest BCUT2D eigenvalue weighted by Crippen LogP contribution is 2.32. The van der Waals surface area contributed by atoms with Crippen molar-refractivity contribution in [2.45, 2.75) is 18.4 Å². The molecule has 0 aliphatic rings. The van der Waals surface area contributed by atoms with Crippen LogP contribution in [0.1, 0.15) is 12.5 Å². The lowest BCUT2D eigenvalue weighted by Gasteiger charge is -2.24. The predicted octanol–water partition coefficient (Wildman–Crippen LogP) is 3.75. The number of sulfonamides is 1. The molecule has 0 saturated heterocycles. The molecule has 3 rings (SSSR count). The van der Waals surface area contributed by atoms with Gasteiger partial charge in [0.25, 0.3) is 10.0 Å². The van der Waals surface area contributed by atoms with E-state index in [0.717, 1.165) is 22.0 Å². The Hall–Kier alpha value is -3.79. The summed E-state index contributed by atoms with van der Waals surface area (Å²) in [5, 5.41) is 2.72. The van der Waals surface area contributed by atoms with Crippen molar-refractivity contribution in [2.24, 2.45) is 0 Å². The van der Waals surface area contributed by atoms with Crippen LogP contribution in [0.25, 0.3) is 0 Å². The number of hydrogen-bond acceptors (Lipinski definition) is 6. The second kappa shape index (κ2) is 11.6. The molecule has 35 heavy (non-hydrogen) atoms. The summed E-state index contributed by atoms with van der Waals surface area (Å²) in [5.74, 6) is 0.218. The lowest BCUT2D eigenvalue weighted by atomic mass is 10.2. The third-order valence-corrected chi connectivity index (χ3v) is 6.84. The van der Waals surface area contributed by atoms with Crippen LogP contribution in [0.2, 0.25) is 0 Å². The fourth-order valence-electron chi connectivity index (χ4n) is 3.28. The summed E-state index contributed by atoms with van der Waals surface area (Å²) >= 11 is 0. The van der Waals surface area contributed by atoms with Gasteiger partial charge in [-0.05, 0) is 61.0 Å². The molecule has 0 aromatic heterocycles. The number of rotatable bonds is 11. The van der Waals surface area contributed by atoms with Crippen LogP contribution in [0.4, 0.5) is 10.1 Å². The van der Waals surface area contributed by atoms with Crippen LogP contribution in [0.15, 0.2) is 71.6 Å². The monoisotopic (exact) mass is 502 g/mol. The molecule has 0 radical (unpaired) electrons. The van der Waals surface area contributed by atoms with Gasteiger partial charge in [-0.1, -0.05) is 12.1 Å². The number of nitrogens with one attached hydrogen (secondary N) is 1. The Kier molecular flexibility index (Phi) is 8.53. The molecule has 0 saturated carbocycles. The van der Waals surface area contributed by atoms with Gasteiger partial charge in [-0.15, -0.1) is 0 Å². The number of carbonyl (C=O) groups excluding carboxylic acids is 1. The largest absolute Gasteiger partial charge is 0.494 e. The molecule has 3 aromatic rings. The minimum absolute atomic E-state index is 0.112. The summed E-state index contributed by atoms with van der Waals surface area (Å²) in [6.07, 6.45) is 0. The number of amides is 1. The molecule has 3 aromatic carbocycles. The molecule has 0 aliphatic carbocycles. The predicted molar refractivity (Wildman–Crippen MR) is 130 cm³/mol.